The standard InChI is InChI=1S/C12H17N5O/c1-12(2,3)8-6-10(17-16-8)14-9-4-5-13-11(7-18)15-9/h4-6,18H,7H2,1-3H3,(H2,13,14,15,16,17). The van der Waals surface area contributed by atoms with Gasteiger partial charge in [-0.2, -0.15) is 5.10 Å². The zero-order valence-corrected chi connectivity index (χ0v) is 10.7. The molecule has 0 unspecified atom stereocenters. The highest BCUT2D eigenvalue weighted by molar-refractivity contribution is 5.51. The van der Waals surface area contributed by atoms with Gasteiger partial charge in [0.05, 0.1) is 0 Å². The maximum absolute atomic E-state index is 8.96. The molecule has 2 aromatic heterocycles. The molecule has 0 saturated carbocycles. The van der Waals surface area contributed by atoms with Crippen molar-refractivity contribution in [3.8, 4) is 0 Å². The number of aromatic nitrogens is 4. The summed E-state index contributed by atoms with van der Waals surface area (Å²) in [6.45, 7) is 6.15. The third-order valence-corrected chi connectivity index (χ3v) is 2.49. The quantitative estimate of drug-likeness (QED) is 0.769. The van der Waals surface area contributed by atoms with Crippen molar-refractivity contribution in [1.29, 1.82) is 0 Å². The molecule has 0 amide bonds. The normalized spacial score (nSPS) is 11.6. The van der Waals surface area contributed by atoms with Crippen molar-refractivity contribution < 1.29 is 5.11 Å². The number of anilines is 2. The molecule has 18 heavy (non-hydrogen) atoms. The molecule has 0 aromatic carbocycles. The van der Waals surface area contributed by atoms with Crippen molar-refractivity contribution in [3.05, 3.63) is 29.8 Å². The molecule has 0 spiro atoms. The van der Waals surface area contributed by atoms with Crippen LogP contribution in [0, 0.1) is 0 Å². The van der Waals surface area contributed by atoms with Crippen molar-refractivity contribution in [2.24, 2.45) is 0 Å². The first-order valence-electron chi connectivity index (χ1n) is 5.75. The van der Waals surface area contributed by atoms with Gasteiger partial charge in [-0.1, -0.05) is 20.8 Å². The molecule has 0 radical (unpaired) electrons. The summed E-state index contributed by atoms with van der Waals surface area (Å²) in [5.41, 5.74) is 1.07. The Morgan fingerprint density at radius 1 is 1.33 bits per heavy atom. The lowest BCUT2D eigenvalue weighted by molar-refractivity contribution is 0.271. The van der Waals surface area contributed by atoms with Gasteiger partial charge in [0.1, 0.15) is 12.4 Å². The third kappa shape index (κ3) is 2.84. The molecule has 6 nitrogen and oxygen atoms in total. The molecule has 0 aliphatic heterocycles. The Balaban J connectivity index is 2.16. The lowest BCUT2D eigenvalue weighted by atomic mass is 9.92. The first kappa shape index (κ1) is 12.5. The first-order valence-corrected chi connectivity index (χ1v) is 5.75. The summed E-state index contributed by atoms with van der Waals surface area (Å²) in [4.78, 5) is 8.05. The first-order chi connectivity index (χ1) is 8.49. The number of nitrogens with one attached hydrogen (secondary N) is 2. The summed E-state index contributed by atoms with van der Waals surface area (Å²) in [7, 11) is 0. The number of nitrogens with zero attached hydrogens (tertiary/aromatic N) is 3. The summed E-state index contributed by atoms with van der Waals surface area (Å²) in [6.07, 6.45) is 1.60. The number of aliphatic hydroxyl groups is 1. The van der Waals surface area contributed by atoms with Gasteiger partial charge in [0.25, 0.3) is 0 Å². The minimum atomic E-state index is -0.177. The van der Waals surface area contributed by atoms with Crippen LogP contribution in [0.1, 0.15) is 32.3 Å². The largest absolute Gasteiger partial charge is 0.388 e. The SMILES string of the molecule is CC(C)(C)c1cc(Nc2ccnc(CO)n2)n[nH]1. The smallest absolute Gasteiger partial charge is 0.156 e. The Kier molecular flexibility index (Phi) is 3.29. The van der Waals surface area contributed by atoms with Crippen molar-refractivity contribution >= 4 is 11.6 Å². The molecule has 0 bridgehead atoms. The predicted molar refractivity (Wildman–Crippen MR) is 68.5 cm³/mol. The van der Waals surface area contributed by atoms with Gasteiger partial charge in [-0.05, 0) is 6.07 Å². The van der Waals surface area contributed by atoms with E-state index in [9.17, 15) is 0 Å². The van der Waals surface area contributed by atoms with E-state index in [1.807, 2.05) is 6.07 Å². The van der Waals surface area contributed by atoms with Crippen LogP contribution in [0.4, 0.5) is 11.6 Å². The van der Waals surface area contributed by atoms with Crippen molar-refractivity contribution in [2.75, 3.05) is 5.32 Å². The summed E-state index contributed by atoms with van der Waals surface area (Å²) < 4.78 is 0. The molecular formula is C12H17N5O. The number of aromatic amines is 1. The van der Waals surface area contributed by atoms with Gasteiger partial charge >= 0.3 is 0 Å². The second kappa shape index (κ2) is 4.73. The molecule has 0 atom stereocenters. The van der Waals surface area contributed by atoms with Crippen LogP contribution in [0.3, 0.4) is 0 Å². The number of hydrogen-bond donors (Lipinski definition) is 3. The number of rotatable bonds is 3. The van der Waals surface area contributed by atoms with Gasteiger partial charge in [0, 0.05) is 23.4 Å². The van der Waals surface area contributed by atoms with E-state index in [-0.39, 0.29) is 12.0 Å². The Labute approximate surface area is 105 Å². The highest BCUT2D eigenvalue weighted by atomic mass is 16.3. The number of aliphatic hydroxyl groups excluding tert-OH is 1. The molecule has 0 aliphatic carbocycles. The predicted octanol–water partition coefficient (Wildman–Crippen LogP) is 1.73. The second-order valence-corrected chi connectivity index (χ2v) is 5.06. The van der Waals surface area contributed by atoms with Crippen molar-refractivity contribution in [2.45, 2.75) is 32.8 Å². The Morgan fingerprint density at radius 2 is 2.11 bits per heavy atom. The van der Waals surface area contributed by atoms with E-state index in [4.69, 9.17) is 5.11 Å². The van der Waals surface area contributed by atoms with Crippen LogP contribution in [0.15, 0.2) is 18.3 Å². The molecule has 2 rings (SSSR count). The average Bonchev–Trinajstić information content (AvgIpc) is 2.77. The molecule has 2 aromatic rings. The molecule has 3 N–H and O–H groups in total. The van der Waals surface area contributed by atoms with Crippen molar-refractivity contribution in [1.82, 2.24) is 20.2 Å². The lowest BCUT2D eigenvalue weighted by Crippen LogP contribution is -2.11. The molecule has 0 aliphatic rings. The van der Waals surface area contributed by atoms with Gasteiger partial charge in [0.2, 0.25) is 0 Å². The van der Waals surface area contributed by atoms with Crippen LogP contribution in [0.5, 0.6) is 0 Å². The van der Waals surface area contributed by atoms with Gasteiger partial charge in [-0.25, -0.2) is 9.97 Å². The minimum absolute atomic E-state index is 0.0227. The average molecular weight is 247 g/mol. The van der Waals surface area contributed by atoms with Crippen LogP contribution in [-0.4, -0.2) is 25.3 Å². The Morgan fingerprint density at radius 3 is 2.72 bits per heavy atom. The van der Waals surface area contributed by atoms with Crippen molar-refractivity contribution in [3.63, 3.8) is 0 Å². The molecule has 96 valence electrons. The van der Waals surface area contributed by atoms with Gasteiger partial charge in [0.15, 0.2) is 11.6 Å². The number of hydrogen-bond acceptors (Lipinski definition) is 5. The molecule has 6 heteroatoms. The molecule has 0 saturated heterocycles. The maximum atomic E-state index is 8.96. The second-order valence-electron chi connectivity index (χ2n) is 5.06. The van der Waals surface area contributed by atoms with E-state index in [2.05, 4.69) is 46.3 Å². The van der Waals surface area contributed by atoms with Crippen LogP contribution < -0.4 is 5.32 Å². The number of H-pyrrole nitrogens is 1. The van der Waals surface area contributed by atoms with Gasteiger partial charge < -0.3 is 10.4 Å². The topological polar surface area (TPSA) is 86.7 Å². The highest BCUT2D eigenvalue weighted by Gasteiger charge is 2.16. The Hall–Kier alpha value is -1.95. The minimum Gasteiger partial charge on any atom is -0.388 e. The van der Waals surface area contributed by atoms with Gasteiger partial charge in [-0.15, -0.1) is 0 Å². The van der Waals surface area contributed by atoms with Crippen LogP contribution in [-0.2, 0) is 12.0 Å². The van der Waals surface area contributed by atoms with E-state index in [0.29, 0.717) is 17.5 Å². The van der Waals surface area contributed by atoms with Gasteiger partial charge in [-0.3, -0.25) is 5.10 Å². The fraction of sp³-hybridized carbons (Fsp3) is 0.417. The monoisotopic (exact) mass is 247 g/mol. The van der Waals surface area contributed by atoms with Crippen LogP contribution in [0.25, 0.3) is 0 Å². The maximum Gasteiger partial charge on any atom is 0.156 e. The van der Waals surface area contributed by atoms with E-state index < -0.39 is 0 Å². The van der Waals surface area contributed by atoms with E-state index >= 15 is 0 Å². The zero-order chi connectivity index (χ0) is 13.2. The molecule has 0 fully saturated rings. The molecule has 2 heterocycles. The third-order valence-electron chi connectivity index (χ3n) is 2.49. The Bertz CT molecular complexity index is 529. The fourth-order valence-corrected chi connectivity index (χ4v) is 1.45. The summed E-state index contributed by atoms with van der Waals surface area (Å²) in [5, 5.41) is 19.2. The van der Waals surface area contributed by atoms with Crippen LogP contribution in [0.2, 0.25) is 0 Å². The fourth-order valence-electron chi connectivity index (χ4n) is 1.45. The van der Waals surface area contributed by atoms with E-state index in [0.717, 1.165) is 5.69 Å². The van der Waals surface area contributed by atoms with E-state index in [1.165, 1.54) is 0 Å². The lowest BCUT2D eigenvalue weighted by Gasteiger charge is -2.14. The zero-order valence-electron chi connectivity index (χ0n) is 10.7. The summed E-state index contributed by atoms with van der Waals surface area (Å²) in [5.74, 6) is 1.69. The summed E-state index contributed by atoms with van der Waals surface area (Å²) in [6, 6.07) is 3.67. The van der Waals surface area contributed by atoms with E-state index in [1.54, 1.807) is 12.3 Å². The molecular weight excluding hydrogens is 230 g/mol. The summed E-state index contributed by atoms with van der Waals surface area (Å²) >= 11 is 0. The van der Waals surface area contributed by atoms with Crippen LogP contribution >= 0.6 is 0 Å². The highest BCUT2D eigenvalue weighted by Crippen LogP contribution is 2.23.